The fourth-order valence-corrected chi connectivity index (χ4v) is 3.05. The molecular weight excluding hydrogens is 460 g/mol. The van der Waals surface area contributed by atoms with Gasteiger partial charge in [-0.15, -0.1) is 0 Å². The number of benzene rings is 3. The molecule has 34 heavy (non-hydrogen) atoms. The number of amides is 2. The first-order valence-electron chi connectivity index (χ1n) is 10.2. The van der Waals surface area contributed by atoms with E-state index in [-0.39, 0.29) is 28.8 Å². The fraction of sp³-hybridized carbons (Fsp3) is 0.125. The van der Waals surface area contributed by atoms with E-state index in [0.717, 1.165) is 18.1 Å². The summed E-state index contributed by atoms with van der Waals surface area (Å²) in [5, 5.41) is 17.5. The standard InChI is InChI=1S/C24H21ClN4O5/c25-21-11-8-19(14-22(21)29(32)33)24(31)28-27-15-18-6-9-20(10-7-18)34-16-23(30)26-13-12-17-4-2-1-3-5-17/h1-11,14-15H,12-13,16H2,(H,26,30)(H,28,31)/b27-15-. The summed E-state index contributed by atoms with van der Waals surface area (Å²) in [6.45, 7) is 0.419. The number of hydrogen-bond acceptors (Lipinski definition) is 6. The summed E-state index contributed by atoms with van der Waals surface area (Å²) in [5.41, 5.74) is 3.81. The van der Waals surface area contributed by atoms with Crippen LogP contribution in [0.5, 0.6) is 5.75 Å². The number of nitrogens with one attached hydrogen (secondary N) is 2. The zero-order valence-corrected chi connectivity index (χ0v) is 18.7. The lowest BCUT2D eigenvalue weighted by atomic mass is 10.1. The SMILES string of the molecule is O=C(COc1ccc(/C=N\NC(=O)c2ccc(Cl)c([N+](=O)[O-])c2)cc1)NCCc1ccccc1. The van der Waals surface area contributed by atoms with Gasteiger partial charge in [0.1, 0.15) is 10.8 Å². The zero-order chi connectivity index (χ0) is 24.3. The molecule has 0 fully saturated rings. The Labute approximate surface area is 200 Å². The largest absolute Gasteiger partial charge is 0.484 e. The molecule has 3 rings (SSSR count). The van der Waals surface area contributed by atoms with Gasteiger partial charge in [0.05, 0.1) is 11.1 Å². The summed E-state index contributed by atoms with van der Waals surface area (Å²) < 4.78 is 5.47. The third-order valence-corrected chi connectivity index (χ3v) is 4.93. The molecule has 0 aliphatic rings. The van der Waals surface area contributed by atoms with Crippen LogP contribution in [0.3, 0.4) is 0 Å². The number of carbonyl (C=O) groups excluding carboxylic acids is 2. The first-order valence-corrected chi connectivity index (χ1v) is 10.6. The van der Waals surface area contributed by atoms with Crippen LogP contribution < -0.4 is 15.5 Å². The van der Waals surface area contributed by atoms with Gasteiger partial charge in [-0.3, -0.25) is 19.7 Å². The normalized spacial score (nSPS) is 10.6. The Hall–Kier alpha value is -4.24. The van der Waals surface area contributed by atoms with Crippen molar-refractivity contribution in [3.63, 3.8) is 0 Å². The van der Waals surface area contributed by atoms with Crippen molar-refractivity contribution in [3.05, 3.63) is 105 Å². The monoisotopic (exact) mass is 480 g/mol. The van der Waals surface area contributed by atoms with Crippen molar-refractivity contribution >= 4 is 35.3 Å². The third-order valence-electron chi connectivity index (χ3n) is 4.61. The summed E-state index contributed by atoms with van der Waals surface area (Å²) in [7, 11) is 0. The third kappa shape index (κ3) is 7.42. The van der Waals surface area contributed by atoms with Gasteiger partial charge < -0.3 is 10.1 Å². The zero-order valence-electron chi connectivity index (χ0n) is 17.9. The number of halogens is 1. The van der Waals surface area contributed by atoms with E-state index >= 15 is 0 Å². The second-order valence-corrected chi connectivity index (χ2v) is 7.47. The van der Waals surface area contributed by atoms with Crippen molar-refractivity contribution in [1.82, 2.24) is 10.7 Å². The van der Waals surface area contributed by atoms with Gasteiger partial charge >= 0.3 is 0 Å². The van der Waals surface area contributed by atoms with Crippen LogP contribution in [0.25, 0.3) is 0 Å². The maximum atomic E-state index is 12.1. The number of nitro benzene ring substituents is 1. The first-order chi connectivity index (χ1) is 16.4. The predicted octanol–water partition coefficient (Wildman–Crippen LogP) is 3.75. The minimum absolute atomic E-state index is 0.0547. The van der Waals surface area contributed by atoms with Crippen LogP contribution in [-0.4, -0.2) is 36.1 Å². The summed E-state index contributed by atoms with van der Waals surface area (Å²) >= 11 is 5.74. The molecule has 0 spiro atoms. The van der Waals surface area contributed by atoms with Crippen LogP contribution in [0.15, 0.2) is 77.9 Å². The summed E-state index contributed by atoms with van der Waals surface area (Å²) in [5.74, 6) is -0.325. The molecule has 0 radical (unpaired) electrons. The first kappa shape index (κ1) is 24.4. The highest BCUT2D eigenvalue weighted by Gasteiger charge is 2.15. The fourth-order valence-electron chi connectivity index (χ4n) is 2.86. The van der Waals surface area contributed by atoms with E-state index in [1.165, 1.54) is 18.3 Å². The molecule has 3 aromatic rings. The highest BCUT2D eigenvalue weighted by atomic mass is 35.5. The molecule has 0 aliphatic carbocycles. The Kier molecular flexibility index (Phi) is 8.70. The van der Waals surface area contributed by atoms with Gasteiger partial charge in [0.2, 0.25) is 0 Å². The van der Waals surface area contributed by atoms with Gasteiger partial charge in [-0.1, -0.05) is 41.9 Å². The van der Waals surface area contributed by atoms with Gasteiger partial charge in [-0.25, -0.2) is 5.43 Å². The topological polar surface area (TPSA) is 123 Å². The predicted molar refractivity (Wildman–Crippen MR) is 128 cm³/mol. The van der Waals surface area contributed by atoms with E-state index in [1.54, 1.807) is 24.3 Å². The van der Waals surface area contributed by atoms with E-state index in [2.05, 4.69) is 15.8 Å². The van der Waals surface area contributed by atoms with Crippen molar-refractivity contribution in [2.45, 2.75) is 6.42 Å². The Morgan fingerprint density at radius 1 is 1.06 bits per heavy atom. The average molecular weight is 481 g/mol. The minimum atomic E-state index is -0.666. The molecule has 0 saturated heterocycles. The molecule has 0 aromatic heterocycles. The second-order valence-electron chi connectivity index (χ2n) is 7.07. The number of nitrogens with zero attached hydrogens (tertiary/aromatic N) is 2. The maximum Gasteiger partial charge on any atom is 0.288 e. The molecule has 3 aromatic carbocycles. The number of carbonyl (C=O) groups is 2. The van der Waals surface area contributed by atoms with E-state index in [0.29, 0.717) is 17.9 Å². The van der Waals surface area contributed by atoms with Crippen molar-refractivity contribution in [2.24, 2.45) is 5.10 Å². The Bertz CT molecular complexity index is 1180. The quantitative estimate of drug-likeness (QED) is 0.260. The van der Waals surface area contributed by atoms with E-state index < -0.39 is 10.8 Å². The highest BCUT2D eigenvalue weighted by molar-refractivity contribution is 6.32. The molecule has 0 aliphatic heterocycles. The van der Waals surface area contributed by atoms with E-state index in [1.807, 2.05) is 30.3 Å². The molecule has 0 atom stereocenters. The van der Waals surface area contributed by atoms with Crippen LogP contribution in [0, 0.1) is 10.1 Å². The molecule has 0 saturated carbocycles. The summed E-state index contributed by atoms with van der Waals surface area (Å²) in [6.07, 6.45) is 2.15. The van der Waals surface area contributed by atoms with Crippen molar-refractivity contribution in [2.75, 3.05) is 13.2 Å². The number of rotatable bonds is 10. The molecule has 174 valence electrons. The van der Waals surface area contributed by atoms with Crippen LogP contribution >= 0.6 is 11.6 Å². The Morgan fingerprint density at radius 2 is 1.79 bits per heavy atom. The van der Waals surface area contributed by atoms with Crippen LogP contribution in [-0.2, 0) is 11.2 Å². The van der Waals surface area contributed by atoms with E-state index in [4.69, 9.17) is 16.3 Å². The number of hydrazone groups is 1. The lowest BCUT2D eigenvalue weighted by Crippen LogP contribution is -2.30. The van der Waals surface area contributed by atoms with Crippen molar-refractivity contribution in [3.8, 4) is 5.75 Å². The van der Waals surface area contributed by atoms with Crippen molar-refractivity contribution < 1.29 is 19.2 Å². The molecule has 0 heterocycles. The summed E-state index contributed by atoms with van der Waals surface area (Å²) in [4.78, 5) is 34.3. The molecule has 2 amide bonds. The smallest absolute Gasteiger partial charge is 0.288 e. The highest BCUT2D eigenvalue weighted by Crippen LogP contribution is 2.25. The Balaban J connectivity index is 1.42. The second kappa shape index (κ2) is 12.1. The molecule has 2 N–H and O–H groups in total. The van der Waals surface area contributed by atoms with Gasteiger partial charge in [-0.2, -0.15) is 5.10 Å². The number of ether oxygens (including phenoxy) is 1. The van der Waals surface area contributed by atoms with Crippen LogP contribution in [0.1, 0.15) is 21.5 Å². The van der Waals surface area contributed by atoms with Gasteiger partial charge in [0.25, 0.3) is 17.5 Å². The van der Waals surface area contributed by atoms with Gasteiger partial charge in [-0.05, 0) is 53.9 Å². The lowest BCUT2D eigenvalue weighted by molar-refractivity contribution is -0.384. The van der Waals surface area contributed by atoms with Crippen molar-refractivity contribution in [1.29, 1.82) is 0 Å². The minimum Gasteiger partial charge on any atom is -0.484 e. The molecule has 9 nitrogen and oxygen atoms in total. The van der Waals surface area contributed by atoms with Crippen LogP contribution in [0.4, 0.5) is 5.69 Å². The van der Waals surface area contributed by atoms with Gasteiger partial charge in [0.15, 0.2) is 6.61 Å². The Morgan fingerprint density at radius 3 is 2.50 bits per heavy atom. The average Bonchev–Trinajstić information content (AvgIpc) is 2.84. The molecule has 10 heteroatoms. The maximum absolute atomic E-state index is 12.1. The number of nitro groups is 1. The van der Waals surface area contributed by atoms with Gasteiger partial charge in [0, 0.05) is 18.2 Å². The molecule has 0 bridgehead atoms. The number of hydrogen-bond donors (Lipinski definition) is 2. The van der Waals surface area contributed by atoms with Crippen LogP contribution in [0.2, 0.25) is 5.02 Å². The molecular formula is C24H21ClN4O5. The molecule has 0 unspecified atom stereocenters. The van der Waals surface area contributed by atoms with E-state index in [9.17, 15) is 19.7 Å². The lowest BCUT2D eigenvalue weighted by Gasteiger charge is -2.08. The summed E-state index contributed by atoms with van der Waals surface area (Å²) in [6, 6.07) is 20.3.